The van der Waals surface area contributed by atoms with Gasteiger partial charge in [-0.2, -0.15) is 0 Å². The lowest BCUT2D eigenvalue weighted by Gasteiger charge is -2.28. The van der Waals surface area contributed by atoms with Crippen LogP contribution in [-0.2, 0) is 27.9 Å². The van der Waals surface area contributed by atoms with Crippen LogP contribution >= 0.6 is 7.82 Å². The summed E-state index contributed by atoms with van der Waals surface area (Å²) in [4.78, 5) is 24.8. The van der Waals surface area contributed by atoms with E-state index in [0.29, 0.717) is 24.1 Å². The van der Waals surface area contributed by atoms with Crippen LogP contribution in [0.3, 0.4) is 0 Å². The van der Waals surface area contributed by atoms with Crippen molar-refractivity contribution in [1.82, 2.24) is 0 Å². The summed E-state index contributed by atoms with van der Waals surface area (Å²) < 4.78 is 34.4. The first kappa shape index (κ1) is 48.0. The zero-order valence-electron chi connectivity index (χ0n) is 32.6. The summed E-state index contributed by atoms with van der Waals surface area (Å²) in [5.74, 6) is -0.342. The van der Waals surface area contributed by atoms with Gasteiger partial charge in [0.2, 0.25) is 0 Å². The summed E-state index contributed by atoms with van der Waals surface area (Å²) in [6.07, 6.45) is 36.3. The van der Waals surface area contributed by atoms with Crippen LogP contribution in [0.5, 0.6) is 0 Å². The number of esters is 1. The number of unbranched alkanes of at least 4 members (excludes halogenated alkanes) is 19. The molecular formula is C40H78NO7P. The van der Waals surface area contributed by atoms with Crippen molar-refractivity contribution in [2.75, 3.05) is 54.1 Å². The topological polar surface area (TPSA) is 94.1 Å². The monoisotopic (exact) mass is 716 g/mol. The van der Waals surface area contributed by atoms with Gasteiger partial charge in [-0.25, -0.2) is 0 Å². The number of ether oxygens (including phenoxy) is 2. The Bertz CT molecular complexity index is 843. The van der Waals surface area contributed by atoms with Gasteiger partial charge in [0.05, 0.1) is 34.4 Å². The Kier molecular flexibility index (Phi) is 33.4. The Balaban J connectivity index is 4.10. The summed E-state index contributed by atoms with van der Waals surface area (Å²) in [5.41, 5.74) is 0. The van der Waals surface area contributed by atoms with Crippen molar-refractivity contribution < 1.29 is 37.3 Å². The number of hydrogen-bond acceptors (Lipinski definition) is 7. The molecule has 0 spiro atoms. The molecule has 0 aromatic carbocycles. The highest BCUT2D eigenvalue weighted by molar-refractivity contribution is 7.45. The molecular weight excluding hydrogens is 637 g/mol. The molecule has 9 heteroatoms. The molecule has 0 aliphatic carbocycles. The SMILES string of the molecule is CCCCC/C=C\C/C=C\CCCCCCCCCCCCOCC(COP(=O)([O-])OCC[N+](C)(C)C)OC(=O)CCCCCCCCC. The Labute approximate surface area is 303 Å². The van der Waals surface area contributed by atoms with Crippen molar-refractivity contribution in [2.45, 2.75) is 174 Å². The first-order valence-electron chi connectivity index (χ1n) is 20.1. The lowest BCUT2D eigenvalue weighted by Crippen LogP contribution is -2.37. The van der Waals surface area contributed by atoms with E-state index in [4.69, 9.17) is 18.5 Å². The minimum Gasteiger partial charge on any atom is -0.756 e. The highest BCUT2D eigenvalue weighted by Gasteiger charge is 2.20. The average Bonchev–Trinajstić information content (AvgIpc) is 3.04. The van der Waals surface area contributed by atoms with Crippen LogP contribution in [0.2, 0.25) is 0 Å². The largest absolute Gasteiger partial charge is 0.756 e. The molecule has 8 nitrogen and oxygen atoms in total. The van der Waals surface area contributed by atoms with Gasteiger partial charge in [0.25, 0.3) is 7.82 Å². The molecule has 0 fully saturated rings. The number of carbonyl (C=O) groups is 1. The molecule has 49 heavy (non-hydrogen) atoms. The smallest absolute Gasteiger partial charge is 0.306 e. The third kappa shape index (κ3) is 38.1. The third-order valence-electron chi connectivity index (χ3n) is 8.51. The fraction of sp³-hybridized carbons (Fsp3) is 0.875. The Morgan fingerprint density at radius 2 is 1.12 bits per heavy atom. The quantitative estimate of drug-likeness (QED) is 0.0208. The second-order valence-corrected chi connectivity index (χ2v) is 16.1. The molecule has 0 radical (unpaired) electrons. The lowest BCUT2D eigenvalue weighted by atomic mass is 10.1. The fourth-order valence-corrected chi connectivity index (χ4v) is 6.07. The van der Waals surface area contributed by atoms with Crippen LogP contribution in [0.15, 0.2) is 24.3 Å². The van der Waals surface area contributed by atoms with Crippen molar-refractivity contribution in [3.05, 3.63) is 24.3 Å². The summed E-state index contributed by atoms with van der Waals surface area (Å²) >= 11 is 0. The number of phosphoric acid groups is 1. The van der Waals surface area contributed by atoms with Crippen LogP contribution in [0.1, 0.15) is 168 Å². The van der Waals surface area contributed by atoms with Crippen LogP contribution < -0.4 is 4.89 Å². The van der Waals surface area contributed by atoms with Crippen molar-refractivity contribution >= 4 is 13.8 Å². The molecule has 0 N–H and O–H groups in total. The van der Waals surface area contributed by atoms with E-state index >= 15 is 0 Å². The molecule has 0 saturated carbocycles. The van der Waals surface area contributed by atoms with E-state index in [1.54, 1.807) is 0 Å². The molecule has 0 aliphatic rings. The molecule has 2 unspecified atom stereocenters. The number of hydrogen-bond donors (Lipinski definition) is 0. The molecule has 0 aliphatic heterocycles. The highest BCUT2D eigenvalue weighted by atomic mass is 31.2. The fourth-order valence-electron chi connectivity index (χ4n) is 5.34. The number of likely N-dealkylation sites (N-methyl/N-ethyl adjacent to an activating group) is 1. The molecule has 0 bridgehead atoms. The van der Waals surface area contributed by atoms with Gasteiger partial charge in [0, 0.05) is 13.0 Å². The van der Waals surface area contributed by atoms with Crippen LogP contribution in [0.25, 0.3) is 0 Å². The minimum absolute atomic E-state index is 0.0268. The van der Waals surface area contributed by atoms with E-state index in [1.165, 1.54) is 109 Å². The Hall–Kier alpha value is -1.02. The number of allylic oxidation sites excluding steroid dienone is 4. The van der Waals surface area contributed by atoms with Gasteiger partial charge in [-0.3, -0.25) is 9.36 Å². The maximum absolute atomic E-state index is 12.5. The molecule has 0 amide bonds. The highest BCUT2D eigenvalue weighted by Crippen LogP contribution is 2.38. The van der Waals surface area contributed by atoms with E-state index in [1.807, 2.05) is 21.1 Å². The van der Waals surface area contributed by atoms with Crippen LogP contribution in [0, 0.1) is 0 Å². The maximum atomic E-state index is 12.5. The number of phosphoric ester groups is 1. The van der Waals surface area contributed by atoms with Crippen LogP contribution in [0.4, 0.5) is 0 Å². The molecule has 0 rings (SSSR count). The van der Waals surface area contributed by atoms with Gasteiger partial charge < -0.3 is 27.9 Å². The molecule has 0 aromatic rings. The molecule has 0 heterocycles. The van der Waals surface area contributed by atoms with Crippen molar-refractivity contribution in [2.24, 2.45) is 0 Å². The molecule has 0 aromatic heterocycles. The van der Waals surface area contributed by atoms with Gasteiger partial charge in [-0.15, -0.1) is 0 Å². The van der Waals surface area contributed by atoms with Gasteiger partial charge in [-0.05, 0) is 44.9 Å². The maximum Gasteiger partial charge on any atom is 0.306 e. The zero-order chi connectivity index (χ0) is 36.3. The van der Waals surface area contributed by atoms with E-state index in [0.717, 1.165) is 38.5 Å². The van der Waals surface area contributed by atoms with Crippen molar-refractivity contribution in [3.63, 3.8) is 0 Å². The number of carbonyl (C=O) groups excluding carboxylic acids is 1. The summed E-state index contributed by atoms with van der Waals surface area (Å²) in [6, 6.07) is 0. The van der Waals surface area contributed by atoms with Crippen molar-refractivity contribution in [3.8, 4) is 0 Å². The van der Waals surface area contributed by atoms with E-state index in [-0.39, 0.29) is 25.8 Å². The predicted octanol–water partition coefficient (Wildman–Crippen LogP) is 10.6. The van der Waals surface area contributed by atoms with Gasteiger partial charge in [0.1, 0.15) is 19.3 Å². The summed E-state index contributed by atoms with van der Waals surface area (Å²) in [7, 11) is 1.36. The molecule has 2 atom stereocenters. The summed E-state index contributed by atoms with van der Waals surface area (Å²) in [5, 5.41) is 0. The van der Waals surface area contributed by atoms with Gasteiger partial charge >= 0.3 is 5.97 Å². The molecule has 290 valence electrons. The van der Waals surface area contributed by atoms with E-state index in [9.17, 15) is 14.3 Å². The third-order valence-corrected chi connectivity index (χ3v) is 9.47. The Morgan fingerprint density at radius 1 is 0.633 bits per heavy atom. The number of rotatable bonds is 37. The number of quaternary nitrogens is 1. The zero-order valence-corrected chi connectivity index (χ0v) is 33.5. The van der Waals surface area contributed by atoms with Crippen LogP contribution in [-0.4, -0.2) is 70.7 Å². The molecule has 0 saturated heterocycles. The van der Waals surface area contributed by atoms with Crippen molar-refractivity contribution in [1.29, 1.82) is 0 Å². The lowest BCUT2D eigenvalue weighted by molar-refractivity contribution is -0.870. The normalized spacial score (nSPS) is 14.2. The first-order valence-corrected chi connectivity index (χ1v) is 21.5. The number of nitrogens with zero attached hydrogens (tertiary/aromatic N) is 1. The first-order chi connectivity index (χ1) is 23.6. The van der Waals surface area contributed by atoms with Gasteiger partial charge in [-0.1, -0.05) is 141 Å². The Morgan fingerprint density at radius 3 is 1.69 bits per heavy atom. The second-order valence-electron chi connectivity index (χ2n) is 14.6. The predicted molar refractivity (Wildman–Crippen MR) is 204 cm³/mol. The van der Waals surface area contributed by atoms with E-state index in [2.05, 4.69) is 38.2 Å². The van der Waals surface area contributed by atoms with Gasteiger partial charge in [0.15, 0.2) is 0 Å². The minimum atomic E-state index is -4.51. The second kappa shape index (κ2) is 34.1. The average molecular weight is 716 g/mol. The van der Waals surface area contributed by atoms with E-state index < -0.39 is 13.9 Å². The summed E-state index contributed by atoms with van der Waals surface area (Å²) in [6.45, 7) is 5.34. The standard InChI is InChI=1S/C40H78NO7P/c1-6-8-10-12-14-15-16-17-18-19-20-21-22-23-24-25-26-28-30-32-35-45-37-39(38-47-49(43,44)46-36-34-41(3,4)5)48-40(42)33-31-29-27-13-11-9-7-2/h14-15,17-18,39H,6-13,16,19-38H2,1-5H3/b15-14-,18-17-.